The largest absolute Gasteiger partial charge is 0.480 e. The van der Waals surface area contributed by atoms with Crippen molar-refractivity contribution in [2.24, 2.45) is 5.73 Å². The van der Waals surface area contributed by atoms with Crippen LogP contribution in [0.3, 0.4) is 0 Å². The van der Waals surface area contributed by atoms with Crippen LogP contribution in [0.4, 0.5) is 0 Å². The predicted molar refractivity (Wildman–Crippen MR) is 105 cm³/mol. The number of carboxylic acids is 1. The number of hydrogen-bond donors (Lipinski definition) is 2. The molecule has 3 N–H and O–H groups in total. The van der Waals surface area contributed by atoms with Crippen molar-refractivity contribution in [3.63, 3.8) is 0 Å². The van der Waals surface area contributed by atoms with Gasteiger partial charge in [-0.05, 0) is 19.3 Å². The van der Waals surface area contributed by atoms with Crippen molar-refractivity contribution in [3.8, 4) is 0 Å². The molecule has 0 aromatic heterocycles. The number of hydrogen-bond acceptors (Lipinski definition) is 3. The van der Waals surface area contributed by atoms with Gasteiger partial charge in [0.2, 0.25) is 0 Å². The Bertz CT molecular complexity index is 331. The van der Waals surface area contributed by atoms with Gasteiger partial charge in [0.05, 0.1) is 0 Å². The molecule has 1 atom stereocenters. The molecule has 4 nitrogen and oxygen atoms in total. The lowest BCUT2D eigenvalue weighted by Crippen LogP contribution is -2.29. The summed E-state index contributed by atoms with van der Waals surface area (Å²) in [6, 6.07) is -0.757. The van der Waals surface area contributed by atoms with Crippen molar-refractivity contribution in [1.29, 1.82) is 0 Å². The van der Waals surface area contributed by atoms with Gasteiger partial charge in [0.15, 0.2) is 0 Å². The van der Waals surface area contributed by atoms with Crippen molar-refractivity contribution in [2.75, 3.05) is 0 Å². The van der Waals surface area contributed by atoms with Crippen LogP contribution in [0.5, 0.6) is 0 Å². The first-order chi connectivity index (χ1) is 12.1. The number of rotatable bonds is 19. The van der Waals surface area contributed by atoms with Gasteiger partial charge >= 0.3 is 5.97 Å². The van der Waals surface area contributed by atoms with Crippen LogP contribution in [0.1, 0.15) is 116 Å². The number of unbranched alkanes of at least 4 members (excludes halogenated alkanes) is 12. The van der Waals surface area contributed by atoms with E-state index in [1.165, 1.54) is 64.2 Å². The number of ketones is 1. The summed E-state index contributed by atoms with van der Waals surface area (Å²) < 4.78 is 0. The maximum Gasteiger partial charge on any atom is 0.320 e. The Morgan fingerprint density at radius 1 is 0.720 bits per heavy atom. The molecule has 0 heterocycles. The van der Waals surface area contributed by atoms with Gasteiger partial charge in [-0.3, -0.25) is 9.59 Å². The molecule has 0 aliphatic rings. The summed E-state index contributed by atoms with van der Waals surface area (Å²) in [5, 5.41) is 8.68. The minimum absolute atomic E-state index is 0.360. The molecular formula is C21H41NO3. The SMILES string of the molecule is CCCCCCCCCCCCCC(=O)CCCCC[C@H](N)C(=O)O. The first-order valence-electron chi connectivity index (χ1n) is 10.6. The second-order valence-corrected chi connectivity index (χ2v) is 7.37. The summed E-state index contributed by atoms with van der Waals surface area (Å²) in [4.78, 5) is 22.4. The lowest BCUT2D eigenvalue weighted by atomic mass is 10.0. The summed E-state index contributed by atoms with van der Waals surface area (Å²) in [6.45, 7) is 2.25. The van der Waals surface area contributed by atoms with Crippen molar-refractivity contribution < 1.29 is 14.7 Å². The zero-order chi connectivity index (χ0) is 18.8. The Morgan fingerprint density at radius 3 is 1.56 bits per heavy atom. The van der Waals surface area contributed by atoms with Gasteiger partial charge in [-0.1, -0.05) is 84.0 Å². The molecule has 4 heteroatoms. The van der Waals surface area contributed by atoms with E-state index in [0.717, 1.165) is 25.7 Å². The Kier molecular flexibility index (Phi) is 17.3. The summed E-state index contributed by atoms with van der Waals surface area (Å²) in [5.41, 5.74) is 5.44. The number of carbonyl (C=O) groups excluding carboxylic acids is 1. The highest BCUT2D eigenvalue weighted by Gasteiger charge is 2.10. The molecule has 0 aliphatic heterocycles. The summed E-state index contributed by atoms with van der Waals surface area (Å²) in [7, 11) is 0. The fourth-order valence-electron chi connectivity index (χ4n) is 3.10. The molecule has 0 rings (SSSR count). The molecule has 0 fully saturated rings. The molecule has 0 amide bonds. The molecule has 25 heavy (non-hydrogen) atoms. The van der Waals surface area contributed by atoms with Gasteiger partial charge < -0.3 is 10.8 Å². The van der Waals surface area contributed by atoms with Crippen LogP contribution in [-0.2, 0) is 9.59 Å². The highest BCUT2D eigenvalue weighted by Crippen LogP contribution is 2.13. The third-order valence-corrected chi connectivity index (χ3v) is 4.85. The molecule has 0 saturated carbocycles. The first-order valence-corrected chi connectivity index (χ1v) is 10.6. The molecule has 0 spiro atoms. The van der Waals surface area contributed by atoms with E-state index in [9.17, 15) is 9.59 Å². The molecule has 0 aromatic carbocycles. The maximum atomic E-state index is 11.8. The van der Waals surface area contributed by atoms with Gasteiger partial charge in [-0.15, -0.1) is 0 Å². The highest BCUT2D eigenvalue weighted by atomic mass is 16.4. The maximum absolute atomic E-state index is 11.8. The van der Waals surface area contributed by atoms with E-state index in [2.05, 4.69) is 6.92 Å². The number of Topliss-reactive ketones (excluding diaryl/α,β-unsaturated/α-hetero) is 1. The topological polar surface area (TPSA) is 80.4 Å². The molecule has 0 saturated heterocycles. The monoisotopic (exact) mass is 355 g/mol. The summed E-state index contributed by atoms with van der Waals surface area (Å²) >= 11 is 0. The minimum Gasteiger partial charge on any atom is -0.480 e. The molecule has 0 bridgehead atoms. The third kappa shape index (κ3) is 17.7. The minimum atomic E-state index is -0.937. The summed E-state index contributed by atoms with van der Waals surface area (Å²) in [5.74, 6) is -0.578. The number of carbonyl (C=O) groups is 2. The Labute approximate surface area is 154 Å². The van der Waals surface area contributed by atoms with E-state index in [1.807, 2.05) is 0 Å². The lowest BCUT2D eigenvalue weighted by molar-refractivity contribution is -0.138. The number of nitrogens with two attached hydrogens (primary N) is 1. The van der Waals surface area contributed by atoms with Crippen LogP contribution in [0, 0.1) is 0 Å². The lowest BCUT2D eigenvalue weighted by Gasteiger charge is -2.05. The van der Waals surface area contributed by atoms with Gasteiger partial charge in [-0.25, -0.2) is 0 Å². The van der Waals surface area contributed by atoms with E-state index in [0.29, 0.717) is 25.0 Å². The average Bonchev–Trinajstić information content (AvgIpc) is 2.59. The standard InChI is InChI=1S/C21H41NO3/c1-2-3-4-5-6-7-8-9-10-11-13-16-19(23)17-14-12-15-18-20(22)21(24)25/h20H,2-18,22H2,1H3,(H,24,25)/t20-/m0/s1. The van der Waals surface area contributed by atoms with E-state index in [-0.39, 0.29) is 0 Å². The van der Waals surface area contributed by atoms with Crippen molar-refractivity contribution >= 4 is 11.8 Å². The average molecular weight is 356 g/mol. The van der Waals surface area contributed by atoms with Crippen LogP contribution in [0.15, 0.2) is 0 Å². The highest BCUT2D eigenvalue weighted by molar-refractivity contribution is 5.78. The van der Waals surface area contributed by atoms with E-state index in [4.69, 9.17) is 10.8 Å². The normalized spacial score (nSPS) is 12.2. The van der Waals surface area contributed by atoms with Crippen molar-refractivity contribution in [3.05, 3.63) is 0 Å². The summed E-state index contributed by atoms with van der Waals surface area (Å²) in [6.07, 6.45) is 18.8. The number of carboxylic acid groups (broad SMARTS) is 1. The molecule has 0 radical (unpaired) electrons. The quantitative estimate of drug-likeness (QED) is 0.295. The fourth-order valence-corrected chi connectivity index (χ4v) is 3.10. The molecule has 148 valence electrons. The second kappa shape index (κ2) is 17.9. The fraction of sp³-hybridized carbons (Fsp3) is 0.905. The Morgan fingerprint density at radius 2 is 1.12 bits per heavy atom. The third-order valence-electron chi connectivity index (χ3n) is 4.85. The van der Waals surface area contributed by atoms with E-state index < -0.39 is 12.0 Å². The van der Waals surface area contributed by atoms with E-state index in [1.54, 1.807) is 0 Å². The molecular weight excluding hydrogens is 314 g/mol. The molecule has 0 unspecified atom stereocenters. The van der Waals surface area contributed by atoms with Crippen LogP contribution in [-0.4, -0.2) is 22.9 Å². The smallest absolute Gasteiger partial charge is 0.320 e. The Balaban J connectivity index is 3.24. The first kappa shape index (κ1) is 24.1. The van der Waals surface area contributed by atoms with Crippen LogP contribution < -0.4 is 5.73 Å². The van der Waals surface area contributed by atoms with Crippen molar-refractivity contribution in [2.45, 2.75) is 122 Å². The van der Waals surface area contributed by atoms with Gasteiger partial charge in [0, 0.05) is 12.8 Å². The molecule has 0 aromatic rings. The van der Waals surface area contributed by atoms with E-state index >= 15 is 0 Å². The van der Waals surface area contributed by atoms with Gasteiger partial charge in [0.1, 0.15) is 11.8 Å². The predicted octanol–water partition coefficient (Wildman–Crippen LogP) is 5.62. The van der Waals surface area contributed by atoms with Gasteiger partial charge in [-0.2, -0.15) is 0 Å². The van der Waals surface area contributed by atoms with Crippen LogP contribution in [0.25, 0.3) is 0 Å². The van der Waals surface area contributed by atoms with Crippen molar-refractivity contribution in [1.82, 2.24) is 0 Å². The van der Waals surface area contributed by atoms with Crippen LogP contribution in [0.2, 0.25) is 0 Å². The zero-order valence-corrected chi connectivity index (χ0v) is 16.4. The van der Waals surface area contributed by atoms with Crippen LogP contribution >= 0.6 is 0 Å². The number of aliphatic carboxylic acids is 1. The van der Waals surface area contributed by atoms with Gasteiger partial charge in [0.25, 0.3) is 0 Å². The Hall–Kier alpha value is -0.900. The molecule has 0 aliphatic carbocycles. The second-order valence-electron chi connectivity index (χ2n) is 7.37. The zero-order valence-electron chi connectivity index (χ0n) is 16.4.